The quantitative estimate of drug-likeness (QED) is 0.777. The molecule has 144 valence electrons. The molecule has 1 aromatic carbocycles. The van der Waals surface area contributed by atoms with Crippen molar-refractivity contribution in [2.24, 2.45) is 5.92 Å². The first kappa shape index (κ1) is 19.2. The predicted octanol–water partition coefficient (Wildman–Crippen LogP) is 3.74. The second-order valence-electron chi connectivity index (χ2n) is 8.17. The van der Waals surface area contributed by atoms with E-state index in [9.17, 15) is 4.79 Å². The number of methoxy groups -OCH3 is 1. The fraction of sp³-hybridized carbons (Fsp3) is 0.682. The van der Waals surface area contributed by atoms with Gasteiger partial charge in [0.15, 0.2) is 0 Å². The van der Waals surface area contributed by atoms with Gasteiger partial charge in [0.1, 0.15) is 5.75 Å². The van der Waals surface area contributed by atoms with Crippen LogP contribution in [0.5, 0.6) is 5.75 Å². The molecule has 0 N–H and O–H groups in total. The minimum absolute atomic E-state index is 0.248. The topological polar surface area (TPSA) is 32.8 Å². The van der Waals surface area contributed by atoms with E-state index in [0.29, 0.717) is 18.4 Å². The van der Waals surface area contributed by atoms with Crippen LogP contribution < -0.4 is 4.74 Å². The number of fused-ring (bicyclic) bond motifs is 1. The Bertz CT molecular complexity index is 582. The van der Waals surface area contributed by atoms with E-state index < -0.39 is 0 Å². The molecule has 0 aromatic heterocycles. The van der Waals surface area contributed by atoms with Gasteiger partial charge in [0, 0.05) is 18.6 Å². The highest BCUT2D eigenvalue weighted by molar-refractivity contribution is 5.79. The lowest BCUT2D eigenvalue weighted by Gasteiger charge is -2.46. The van der Waals surface area contributed by atoms with Gasteiger partial charge in [-0.15, -0.1) is 0 Å². The lowest BCUT2D eigenvalue weighted by atomic mass is 9.83. The zero-order valence-corrected chi connectivity index (χ0v) is 16.6. The number of carbonyl (C=O) groups is 1. The second-order valence-corrected chi connectivity index (χ2v) is 8.17. The van der Waals surface area contributed by atoms with Gasteiger partial charge in [-0.05, 0) is 76.2 Å². The largest absolute Gasteiger partial charge is 0.497 e. The molecule has 0 aliphatic carbocycles. The third kappa shape index (κ3) is 4.59. The van der Waals surface area contributed by atoms with Crippen LogP contribution in [-0.4, -0.2) is 54.5 Å². The molecule has 2 heterocycles. The first-order valence-corrected chi connectivity index (χ1v) is 10.2. The molecule has 1 amide bonds. The summed E-state index contributed by atoms with van der Waals surface area (Å²) in [7, 11) is 1.67. The van der Waals surface area contributed by atoms with Crippen molar-refractivity contribution in [3.05, 3.63) is 29.8 Å². The molecule has 2 fully saturated rings. The van der Waals surface area contributed by atoms with E-state index in [-0.39, 0.29) is 11.9 Å². The van der Waals surface area contributed by atoms with Crippen LogP contribution in [0.4, 0.5) is 0 Å². The molecule has 4 nitrogen and oxygen atoms in total. The van der Waals surface area contributed by atoms with Crippen molar-refractivity contribution in [2.45, 2.75) is 64.5 Å². The number of hydrogen-bond donors (Lipinski definition) is 0. The van der Waals surface area contributed by atoms with Gasteiger partial charge in [0.25, 0.3) is 0 Å². The van der Waals surface area contributed by atoms with E-state index in [1.165, 1.54) is 45.2 Å². The molecule has 0 radical (unpaired) electrons. The Hall–Kier alpha value is -1.55. The fourth-order valence-electron chi connectivity index (χ4n) is 4.66. The van der Waals surface area contributed by atoms with Crippen molar-refractivity contribution in [3.8, 4) is 5.75 Å². The van der Waals surface area contributed by atoms with E-state index in [1.807, 2.05) is 24.3 Å². The van der Waals surface area contributed by atoms with Crippen LogP contribution in [-0.2, 0) is 11.2 Å². The summed E-state index contributed by atoms with van der Waals surface area (Å²) in [6.07, 6.45) is 7.01. The number of piperidine rings is 2. The molecule has 4 heteroatoms. The normalized spacial score (nSPS) is 23.5. The molecular weight excluding hydrogens is 324 g/mol. The highest BCUT2D eigenvalue weighted by atomic mass is 16.5. The van der Waals surface area contributed by atoms with Crippen LogP contribution in [0.3, 0.4) is 0 Å². The maximum Gasteiger partial charge on any atom is 0.227 e. The van der Waals surface area contributed by atoms with Crippen molar-refractivity contribution < 1.29 is 9.53 Å². The first-order valence-electron chi connectivity index (χ1n) is 10.2. The van der Waals surface area contributed by atoms with Gasteiger partial charge in [0.05, 0.1) is 13.5 Å². The molecule has 0 spiro atoms. The Morgan fingerprint density at radius 3 is 2.58 bits per heavy atom. The predicted molar refractivity (Wildman–Crippen MR) is 105 cm³/mol. The summed E-state index contributed by atoms with van der Waals surface area (Å²) in [6.45, 7) is 7.71. The molecule has 2 aliphatic rings. The van der Waals surface area contributed by atoms with Gasteiger partial charge in [-0.25, -0.2) is 0 Å². The average Bonchev–Trinajstić information content (AvgIpc) is 2.66. The maximum atomic E-state index is 13.0. The highest BCUT2D eigenvalue weighted by Crippen LogP contribution is 2.32. The number of amides is 1. The Balaban J connectivity index is 1.64. The first-order chi connectivity index (χ1) is 12.6. The van der Waals surface area contributed by atoms with Crippen molar-refractivity contribution in [3.63, 3.8) is 0 Å². The third-order valence-corrected chi connectivity index (χ3v) is 6.12. The molecule has 26 heavy (non-hydrogen) atoms. The molecule has 0 unspecified atom stereocenters. The molecular formula is C22H34N2O2. The van der Waals surface area contributed by atoms with E-state index in [2.05, 4.69) is 23.6 Å². The van der Waals surface area contributed by atoms with Crippen LogP contribution in [0.2, 0.25) is 0 Å². The summed E-state index contributed by atoms with van der Waals surface area (Å²) in [5, 5.41) is 0. The summed E-state index contributed by atoms with van der Waals surface area (Å²) >= 11 is 0. The Morgan fingerprint density at radius 1 is 1.15 bits per heavy atom. The minimum atomic E-state index is 0.248. The van der Waals surface area contributed by atoms with Crippen LogP contribution in [0.25, 0.3) is 0 Å². The average molecular weight is 359 g/mol. The number of ether oxygens (including phenoxy) is 1. The summed E-state index contributed by atoms with van der Waals surface area (Å²) in [5.74, 6) is 1.71. The summed E-state index contributed by atoms with van der Waals surface area (Å²) < 4.78 is 5.21. The van der Waals surface area contributed by atoms with Crippen LogP contribution in [0.15, 0.2) is 24.3 Å². The molecule has 2 saturated heterocycles. The second kappa shape index (κ2) is 8.90. The van der Waals surface area contributed by atoms with Gasteiger partial charge in [-0.2, -0.15) is 0 Å². The lowest BCUT2D eigenvalue weighted by Crippen LogP contribution is -2.52. The maximum absolute atomic E-state index is 13.0. The SMILES string of the molecule is COc1ccc(CC(=O)N(C[C@@H]2CCCN3CCCC[C@@H]23)C(C)C)cc1. The van der Waals surface area contributed by atoms with Gasteiger partial charge in [-0.1, -0.05) is 18.6 Å². The zero-order chi connectivity index (χ0) is 18.5. The number of nitrogens with zero attached hydrogens (tertiary/aromatic N) is 2. The van der Waals surface area contributed by atoms with E-state index in [4.69, 9.17) is 4.74 Å². The summed E-state index contributed by atoms with van der Waals surface area (Å²) in [4.78, 5) is 17.8. The molecule has 1 aromatic rings. The van der Waals surface area contributed by atoms with Crippen molar-refractivity contribution in [1.29, 1.82) is 0 Å². The smallest absolute Gasteiger partial charge is 0.227 e. The molecule has 0 saturated carbocycles. The summed E-state index contributed by atoms with van der Waals surface area (Å²) in [5.41, 5.74) is 1.06. The Kier molecular flexibility index (Phi) is 6.58. The lowest BCUT2D eigenvalue weighted by molar-refractivity contribution is -0.133. The minimum Gasteiger partial charge on any atom is -0.497 e. The van der Waals surface area contributed by atoms with E-state index in [0.717, 1.165) is 17.9 Å². The number of hydrogen-bond acceptors (Lipinski definition) is 3. The van der Waals surface area contributed by atoms with Gasteiger partial charge < -0.3 is 14.5 Å². The van der Waals surface area contributed by atoms with Crippen LogP contribution >= 0.6 is 0 Å². The molecule has 2 aliphatic heterocycles. The zero-order valence-electron chi connectivity index (χ0n) is 16.6. The Morgan fingerprint density at radius 2 is 1.88 bits per heavy atom. The fourth-order valence-corrected chi connectivity index (χ4v) is 4.66. The Labute approximate surface area is 158 Å². The van der Waals surface area contributed by atoms with Crippen molar-refractivity contribution >= 4 is 5.91 Å². The van der Waals surface area contributed by atoms with Crippen LogP contribution in [0.1, 0.15) is 51.5 Å². The summed E-state index contributed by atoms with van der Waals surface area (Å²) in [6, 6.07) is 8.80. The molecule has 0 bridgehead atoms. The molecule has 3 rings (SSSR count). The van der Waals surface area contributed by atoms with Gasteiger partial charge in [-0.3, -0.25) is 4.79 Å². The number of rotatable bonds is 6. The van der Waals surface area contributed by atoms with Crippen LogP contribution in [0, 0.1) is 5.92 Å². The highest BCUT2D eigenvalue weighted by Gasteiger charge is 2.35. The molecule has 2 atom stereocenters. The van der Waals surface area contributed by atoms with E-state index in [1.54, 1.807) is 7.11 Å². The number of carbonyl (C=O) groups excluding carboxylic acids is 1. The van der Waals surface area contributed by atoms with Crippen molar-refractivity contribution in [2.75, 3.05) is 26.7 Å². The van der Waals surface area contributed by atoms with Gasteiger partial charge in [0.2, 0.25) is 5.91 Å². The monoisotopic (exact) mass is 358 g/mol. The third-order valence-electron chi connectivity index (χ3n) is 6.12. The van der Waals surface area contributed by atoms with E-state index >= 15 is 0 Å². The standard InChI is InChI=1S/C22H34N2O2/c1-17(2)24(22(25)15-18-9-11-20(26-3)12-10-18)16-19-7-6-14-23-13-5-4-8-21(19)23/h9-12,17,19,21H,4-8,13-16H2,1-3H3/t19-,21-/m0/s1. The number of benzene rings is 1. The van der Waals surface area contributed by atoms with Crippen molar-refractivity contribution in [1.82, 2.24) is 9.80 Å². The van der Waals surface area contributed by atoms with Gasteiger partial charge >= 0.3 is 0 Å².